The summed E-state index contributed by atoms with van der Waals surface area (Å²) in [5.41, 5.74) is 0.100. The molecule has 1 amide bonds. The van der Waals surface area contributed by atoms with Crippen LogP contribution in [-0.4, -0.2) is 58.3 Å². The molecule has 2 rings (SSSR count). The maximum absolute atomic E-state index is 12.5. The van der Waals surface area contributed by atoms with Gasteiger partial charge >= 0.3 is 12.1 Å². The molecule has 0 spiro atoms. The highest BCUT2D eigenvalue weighted by molar-refractivity contribution is 7.17. The molecule has 1 N–H and O–H groups in total. The van der Waals surface area contributed by atoms with Gasteiger partial charge in [-0.05, 0) is 33.6 Å². The first kappa shape index (κ1) is 20.5. The van der Waals surface area contributed by atoms with Crippen molar-refractivity contribution in [1.29, 1.82) is 0 Å². The highest BCUT2D eigenvalue weighted by atomic mass is 32.1. The molecule has 1 aromatic rings. The maximum Gasteiger partial charge on any atom is 0.410 e. The Morgan fingerprint density at radius 1 is 1.35 bits per heavy atom. The zero-order valence-corrected chi connectivity index (χ0v) is 17.1. The average Bonchev–Trinajstić information content (AvgIpc) is 2.91. The Morgan fingerprint density at radius 2 is 2.00 bits per heavy atom. The van der Waals surface area contributed by atoms with Gasteiger partial charge < -0.3 is 19.6 Å². The van der Waals surface area contributed by atoms with Gasteiger partial charge in [-0.25, -0.2) is 14.6 Å². The number of amides is 1. The number of aromatic carboxylic acids is 1. The van der Waals surface area contributed by atoms with Crippen molar-refractivity contribution in [1.82, 2.24) is 9.88 Å². The third kappa shape index (κ3) is 4.87. The van der Waals surface area contributed by atoms with E-state index in [1.54, 1.807) is 4.90 Å². The van der Waals surface area contributed by atoms with Crippen molar-refractivity contribution in [3.8, 4) is 0 Å². The number of hydrogen-bond acceptors (Lipinski definition) is 6. The fraction of sp³-hybridized carbons (Fsp3) is 0.722. The Kier molecular flexibility index (Phi) is 6.49. The highest BCUT2D eigenvalue weighted by Crippen LogP contribution is 2.31. The summed E-state index contributed by atoms with van der Waals surface area (Å²) >= 11 is 1.21. The van der Waals surface area contributed by atoms with E-state index in [1.165, 1.54) is 11.3 Å². The van der Waals surface area contributed by atoms with E-state index in [-0.39, 0.29) is 12.1 Å². The third-order valence-electron chi connectivity index (χ3n) is 4.17. The van der Waals surface area contributed by atoms with Gasteiger partial charge in [-0.2, -0.15) is 0 Å². The van der Waals surface area contributed by atoms with Crippen LogP contribution >= 0.6 is 11.3 Å². The van der Waals surface area contributed by atoms with Crippen LogP contribution in [0.5, 0.6) is 0 Å². The molecule has 0 bridgehead atoms. The SMILES string of the molecule is CCCCN(C(=O)OC(C)(C)C)C1CN(c2nc(CC)c(C(=O)O)s2)C1. The molecular formula is C18H29N3O4S. The van der Waals surface area contributed by atoms with Gasteiger partial charge in [0.1, 0.15) is 10.5 Å². The molecule has 1 saturated heterocycles. The molecule has 7 nitrogen and oxygen atoms in total. The molecule has 8 heteroatoms. The molecule has 1 aromatic heterocycles. The Hall–Kier alpha value is -1.83. The minimum absolute atomic E-state index is 0.0682. The zero-order chi connectivity index (χ0) is 19.5. The lowest BCUT2D eigenvalue weighted by atomic mass is 10.1. The molecule has 1 fully saturated rings. The van der Waals surface area contributed by atoms with E-state index in [0.29, 0.717) is 36.6 Å². The molecule has 1 aliphatic rings. The fourth-order valence-electron chi connectivity index (χ4n) is 2.76. The van der Waals surface area contributed by atoms with E-state index >= 15 is 0 Å². The van der Waals surface area contributed by atoms with Crippen LogP contribution in [-0.2, 0) is 11.2 Å². The Labute approximate surface area is 159 Å². The molecule has 146 valence electrons. The minimum atomic E-state index is -0.930. The average molecular weight is 384 g/mol. The number of rotatable bonds is 7. The summed E-state index contributed by atoms with van der Waals surface area (Å²) in [4.78, 5) is 32.5. The quantitative estimate of drug-likeness (QED) is 0.774. The second-order valence-electron chi connectivity index (χ2n) is 7.52. The predicted molar refractivity (Wildman–Crippen MR) is 102 cm³/mol. The Balaban J connectivity index is 2.04. The van der Waals surface area contributed by atoms with Crippen molar-refractivity contribution in [2.24, 2.45) is 0 Å². The van der Waals surface area contributed by atoms with Crippen molar-refractivity contribution in [2.45, 2.75) is 65.5 Å². The van der Waals surface area contributed by atoms with Gasteiger partial charge in [-0.1, -0.05) is 31.6 Å². The molecular weight excluding hydrogens is 354 g/mol. The third-order valence-corrected chi connectivity index (χ3v) is 5.32. The van der Waals surface area contributed by atoms with Gasteiger partial charge in [0.2, 0.25) is 0 Å². The van der Waals surface area contributed by atoms with Crippen molar-refractivity contribution in [2.75, 3.05) is 24.5 Å². The number of thiazole rings is 1. The van der Waals surface area contributed by atoms with Crippen molar-refractivity contribution in [3.05, 3.63) is 10.6 Å². The fourth-order valence-corrected chi connectivity index (χ4v) is 3.77. The number of ether oxygens (including phenoxy) is 1. The van der Waals surface area contributed by atoms with E-state index in [0.717, 1.165) is 18.0 Å². The number of unbranched alkanes of at least 4 members (excludes halogenated alkanes) is 1. The maximum atomic E-state index is 12.5. The standard InChI is InChI=1S/C18H29N3O4S/c1-6-8-9-21(17(24)25-18(3,4)5)12-10-20(11-12)16-19-13(7-2)14(26-16)15(22)23/h12H,6-11H2,1-5H3,(H,22,23). The van der Waals surface area contributed by atoms with Crippen molar-refractivity contribution in [3.63, 3.8) is 0 Å². The van der Waals surface area contributed by atoms with Crippen LogP contribution in [0.25, 0.3) is 0 Å². The minimum Gasteiger partial charge on any atom is -0.477 e. The lowest BCUT2D eigenvalue weighted by Gasteiger charge is -2.45. The van der Waals surface area contributed by atoms with E-state index in [9.17, 15) is 14.7 Å². The number of carbonyl (C=O) groups is 2. The van der Waals surface area contributed by atoms with E-state index in [1.807, 2.05) is 32.6 Å². The number of nitrogens with zero attached hydrogens (tertiary/aromatic N) is 3. The van der Waals surface area contributed by atoms with Crippen LogP contribution < -0.4 is 4.90 Å². The molecule has 0 aliphatic carbocycles. The number of anilines is 1. The lowest BCUT2D eigenvalue weighted by Crippen LogP contribution is -2.61. The van der Waals surface area contributed by atoms with Crippen molar-refractivity contribution < 1.29 is 19.4 Å². The monoisotopic (exact) mass is 383 g/mol. The summed E-state index contributed by atoms with van der Waals surface area (Å²) in [6.07, 6.45) is 2.24. The first-order valence-corrected chi connectivity index (χ1v) is 9.95. The molecule has 0 saturated carbocycles. The summed E-state index contributed by atoms with van der Waals surface area (Å²) < 4.78 is 5.54. The summed E-state index contributed by atoms with van der Waals surface area (Å²) in [5, 5.41) is 10.0. The Bertz CT molecular complexity index is 647. The summed E-state index contributed by atoms with van der Waals surface area (Å²) in [7, 11) is 0. The first-order chi connectivity index (χ1) is 12.2. The van der Waals surface area contributed by atoms with Gasteiger partial charge in [0.25, 0.3) is 0 Å². The van der Waals surface area contributed by atoms with Gasteiger partial charge in [0.05, 0.1) is 11.7 Å². The van der Waals surface area contributed by atoms with Crippen LogP contribution in [0.4, 0.5) is 9.93 Å². The van der Waals surface area contributed by atoms with Crippen molar-refractivity contribution >= 4 is 28.5 Å². The number of aryl methyl sites for hydroxylation is 1. The smallest absolute Gasteiger partial charge is 0.410 e. The van der Waals surface area contributed by atoms with Gasteiger partial charge in [0, 0.05) is 19.6 Å². The molecule has 26 heavy (non-hydrogen) atoms. The molecule has 0 aromatic carbocycles. The van der Waals surface area contributed by atoms with Crippen LogP contribution in [0.3, 0.4) is 0 Å². The second-order valence-corrected chi connectivity index (χ2v) is 8.49. The van der Waals surface area contributed by atoms with E-state index in [4.69, 9.17) is 4.74 Å². The predicted octanol–water partition coefficient (Wildman–Crippen LogP) is 3.63. The lowest BCUT2D eigenvalue weighted by molar-refractivity contribution is 0.0128. The number of carbonyl (C=O) groups excluding carboxylic acids is 1. The Morgan fingerprint density at radius 3 is 2.46 bits per heavy atom. The number of carboxylic acids is 1. The van der Waals surface area contributed by atoms with Gasteiger partial charge in [-0.15, -0.1) is 0 Å². The van der Waals surface area contributed by atoms with Crippen LogP contribution in [0.1, 0.15) is 62.8 Å². The first-order valence-electron chi connectivity index (χ1n) is 9.13. The van der Waals surface area contributed by atoms with E-state index < -0.39 is 11.6 Å². The molecule has 2 heterocycles. The summed E-state index contributed by atoms with van der Waals surface area (Å²) in [6.45, 7) is 11.6. The largest absolute Gasteiger partial charge is 0.477 e. The normalized spacial score (nSPS) is 14.9. The summed E-state index contributed by atoms with van der Waals surface area (Å²) in [6, 6.07) is 0.0682. The summed E-state index contributed by atoms with van der Waals surface area (Å²) in [5.74, 6) is -0.930. The molecule has 1 aliphatic heterocycles. The van der Waals surface area contributed by atoms with Gasteiger partial charge in [0.15, 0.2) is 5.13 Å². The van der Waals surface area contributed by atoms with Crippen LogP contribution in [0.15, 0.2) is 0 Å². The van der Waals surface area contributed by atoms with Crippen LogP contribution in [0.2, 0.25) is 0 Å². The van der Waals surface area contributed by atoms with Gasteiger partial charge in [-0.3, -0.25) is 0 Å². The molecule has 0 atom stereocenters. The molecule has 0 unspecified atom stereocenters. The number of aromatic nitrogens is 1. The topological polar surface area (TPSA) is 83.0 Å². The van der Waals surface area contributed by atoms with E-state index in [2.05, 4.69) is 11.9 Å². The highest BCUT2D eigenvalue weighted by Gasteiger charge is 2.38. The molecule has 0 radical (unpaired) electrons. The second kappa shape index (κ2) is 8.24. The number of hydrogen-bond donors (Lipinski definition) is 1. The number of carboxylic acid groups (broad SMARTS) is 1. The van der Waals surface area contributed by atoms with Crippen LogP contribution in [0, 0.1) is 0 Å². The zero-order valence-electron chi connectivity index (χ0n) is 16.2.